The van der Waals surface area contributed by atoms with Gasteiger partial charge in [-0.2, -0.15) is 0 Å². The van der Waals surface area contributed by atoms with Crippen LogP contribution in [0.2, 0.25) is 0 Å². The van der Waals surface area contributed by atoms with Gasteiger partial charge >= 0.3 is 5.97 Å². The van der Waals surface area contributed by atoms with Crippen LogP contribution in [0.1, 0.15) is 37.8 Å². The topological polar surface area (TPSA) is 63.6 Å². The van der Waals surface area contributed by atoms with Crippen LogP contribution in [-0.4, -0.2) is 23.5 Å². The first-order valence-corrected chi connectivity index (χ1v) is 5.92. The number of carboxylic acids is 1. The first-order chi connectivity index (χ1) is 8.38. The van der Waals surface area contributed by atoms with Crippen molar-refractivity contribution in [3.05, 3.63) is 29.3 Å². The summed E-state index contributed by atoms with van der Waals surface area (Å²) in [4.78, 5) is 22.7. The van der Waals surface area contributed by atoms with Crippen LogP contribution >= 0.6 is 0 Å². The number of carboxylic acid groups (broad SMARTS) is 1. The SMILES string of the molecule is CC(C)c1cccc2c1OCC2(C)C(=O)C(=O)O. The summed E-state index contributed by atoms with van der Waals surface area (Å²) in [5.41, 5.74) is 0.613. The van der Waals surface area contributed by atoms with Gasteiger partial charge in [-0.3, -0.25) is 4.79 Å². The number of Topliss-reactive ketones (excluding diaryl/α,β-unsaturated/α-hetero) is 1. The van der Waals surface area contributed by atoms with E-state index in [4.69, 9.17) is 9.84 Å². The molecule has 0 fully saturated rings. The maximum absolute atomic E-state index is 11.8. The lowest BCUT2D eigenvalue weighted by Crippen LogP contribution is -2.39. The molecule has 1 aliphatic rings. The Morgan fingerprint density at radius 2 is 2.06 bits per heavy atom. The second-order valence-electron chi connectivity index (χ2n) is 5.13. The van der Waals surface area contributed by atoms with Crippen LogP contribution in [0.25, 0.3) is 0 Å². The maximum atomic E-state index is 11.8. The molecule has 4 nitrogen and oxygen atoms in total. The van der Waals surface area contributed by atoms with E-state index in [0.717, 1.165) is 5.56 Å². The molecule has 1 aromatic rings. The monoisotopic (exact) mass is 248 g/mol. The summed E-state index contributed by atoms with van der Waals surface area (Å²) in [7, 11) is 0. The van der Waals surface area contributed by atoms with Crippen LogP contribution in [0, 0.1) is 0 Å². The molecule has 4 heteroatoms. The summed E-state index contributed by atoms with van der Waals surface area (Å²) < 4.78 is 5.59. The number of carbonyl (C=O) groups excluding carboxylic acids is 1. The van der Waals surface area contributed by atoms with Crippen LogP contribution in [-0.2, 0) is 15.0 Å². The standard InChI is InChI=1S/C14H16O4/c1-8(2)9-5-4-6-10-11(9)18-7-14(10,3)12(15)13(16)17/h4-6,8H,7H2,1-3H3,(H,16,17). The molecule has 1 heterocycles. The molecule has 1 aliphatic heterocycles. The third-order valence-electron chi connectivity index (χ3n) is 3.46. The lowest BCUT2D eigenvalue weighted by molar-refractivity contribution is -0.151. The maximum Gasteiger partial charge on any atom is 0.373 e. The zero-order valence-corrected chi connectivity index (χ0v) is 10.7. The van der Waals surface area contributed by atoms with Crippen molar-refractivity contribution < 1.29 is 19.4 Å². The number of benzene rings is 1. The van der Waals surface area contributed by atoms with E-state index in [2.05, 4.69) is 0 Å². The molecule has 0 amide bonds. The van der Waals surface area contributed by atoms with Gasteiger partial charge < -0.3 is 9.84 Å². The second-order valence-corrected chi connectivity index (χ2v) is 5.13. The number of hydrogen-bond donors (Lipinski definition) is 1. The van der Waals surface area contributed by atoms with Crippen molar-refractivity contribution in [1.29, 1.82) is 0 Å². The van der Waals surface area contributed by atoms with E-state index in [1.807, 2.05) is 26.0 Å². The third-order valence-corrected chi connectivity index (χ3v) is 3.46. The molecule has 18 heavy (non-hydrogen) atoms. The Balaban J connectivity index is 2.55. The summed E-state index contributed by atoms with van der Waals surface area (Å²) in [5.74, 6) is -1.29. The minimum absolute atomic E-state index is 0.0944. The number of ketones is 1. The van der Waals surface area contributed by atoms with Crippen molar-refractivity contribution in [3.63, 3.8) is 0 Å². The summed E-state index contributed by atoms with van der Waals surface area (Å²) >= 11 is 0. The highest BCUT2D eigenvalue weighted by Gasteiger charge is 2.46. The second kappa shape index (κ2) is 4.12. The summed E-state index contributed by atoms with van der Waals surface area (Å²) in [5, 5.41) is 8.91. The Hall–Kier alpha value is -1.84. The van der Waals surface area contributed by atoms with Crippen molar-refractivity contribution in [1.82, 2.24) is 0 Å². The lowest BCUT2D eigenvalue weighted by atomic mass is 9.79. The Morgan fingerprint density at radius 1 is 1.39 bits per heavy atom. The van der Waals surface area contributed by atoms with E-state index in [0.29, 0.717) is 11.3 Å². The summed E-state index contributed by atoms with van der Waals surface area (Å²) in [6.45, 7) is 5.79. The first kappa shape index (κ1) is 12.6. The molecule has 0 radical (unpaired) electrons. The molecule has 96 valence electrons. The van der Waals surface area contributed by atoms with Gasteiger partial charge in [0.05, 0.1) is 0 Å². The molecule has 1 N–H and O–H groups in total. The van der Waals surface area contributed by atoms with Gasteiger partial charge in [0.15, 0.2) is 0 Å². The third kappa shape index (κ3) is 1.68. The normalized spacial score (nSPS) is 21.6. The van der Waals surface area contributed by atoms with E-state index < -0.39 is 17.2 Å². The molecular formula is C14H16O4. The molecule has 0 saturated heterocycles. The number of carbonyl (C=O) groups is 2. The molecule has 0 spiro atoms. The molecule has 0 saturated carbocycles. The van der Waals surface area contributed by atoms with Gasteiger partial charge in [-0.1, -0.05) is 32.0 Å². The molecule has 2 rings (SSSR count). The predicted molar refractivity (Wildman–Crippen MR) is 66.0 cm³/mol. The lowest BCUT2D eigenvalue weighted by Gasteiger charge is -2.18. The molecule has 1 unspecified atom stereocenters. The highest BCUT2D eigenvalue weighted by molar-refractivity contribution is 6.36. The minimum Gasteiger partial charge on any atom is -0.492 e. The highest BCUT2D eigenvalue weighted by Crippen LogP contribution is 2.43. The average Bonchev–Trinajstić information content (AvgIpc) is 2.67. The summed E-state index contributed by atoms with van der Waals surface area (Å²) in [6, 6.07) is 5.56. The van der Waals surface area contributed by atoms with Gasteiger partial charge in [-0.15, -0.1) is 0 Å². The largest absolute Gasteiger partial charge is 0.492 e. The number of ether oxygens (including phenoxy) is 1. The summed E-state index contributed by atoms with van der Waals surface area (Å²) in [6.07, 6.45) is 0. The molecule has 0 bridgehead atoms. The van der Waals surface area contributed by atoms with Crippen LogP contribution < -0.4 is 4.74 Å². The van der Waals surface area contributed by atoms with Crippen molar-refractivity contribution in [2.45, 2.75) is 32.1 Å². The molecule has 0 aromatic heterocycles. The number of rotatable bonds is 3. The molecular weight excluding hydrogens is 232 g/mol. The van der Waals surface area contributed by atoms with Crippen molar-refractivity contribution in [3.8, 4) is 5.75 Å². The van der Waals surface area contributed by atoms with Crippen LogP contribution in [0.3, 0.4) is 0 Å². The zero-order chi connectivity index (χ0) is 13.5. The first-order valence-electron chi connectivity index (χ1n) is 5.92. The fraction of sp³-hybridized carbons (Fsp3) is 0.429. The van der Waals surface area contributed by atoms with Gasteiger partial charge in [0.1, 0.15) is 17.8 Å². The number of para-hydroxylation sites is 1. The van der Waals surface area contributed by atoms with Crippen molar-refractivity contribution in [2.24, 2.45) is 0 Å². The van der Waals surface area contributed by atoms with Crippen LogP contribution in [0.4, 0.5) is 0 Å². The number of hydrogen-bond acceptors (Lipinski definition) is 3. The average molecular weight is 248 g/mol. The van der Waals surface area contributed by atoms with E-state index in [-0.39, 0.29) is 12.5 Å². The highest BCUT2D eigenvalue weighted by atomic mass is 16.5. The van der Waals surface area contributed by atoms with Crippen molar-refractivity contribution in [2.75, 3.05) is 6.61 Å². The van der Waals surface area contributed by atoms with E-state index in [9.17, 15) is 9.59 Å². The smallest absolute Gasteiger partial charge is 0.373 e. The predicted octanol–water partition coefficient (Wildman–Crippen LogP) is 2.11. The van der Waals surface area contributed by atoms with Crippen LogP contribution in [0.15, 0.2) is 18.2 Å². The Labute approximate surface area is 106 Å². The number of fused-ring (bicyclic) bond motifs is 1. The van der Waals surface area contributed by atoms with Gasteiger partial charge in [-0.05, 0) is 18.4 Å². The van der Waals surface area contributed by atoms with Gasteiger partial charge in [-0.25, -0.2) is 4.79 Å². The number of aliphatic carboxylic acids is 1. The zero-order valence-electron chi connectivity index (χ0n) is 10.7. The quantitative estimate of drug-likeness (QED) is 0.832. The Kier molecular flexibility index (Phi) is 2.89. The Morgan fingerprint density at radius 3 is 2.61 bits per heavy atom. The van der Waals surface area contributed by atoms with Gasteiger partial charge in [0.2, 0.25) is 0 Å². The fourth-order valence-corrected chi connectivity index (χ4v) is 2.32. The fourth-order valence-electron chi connectivity index (χ4n) is 2.32. The van der Waals surface area contributed by atoms with E-state index in [1.165, 1.54) is 0 Å². The van der Waals surface area contributed by atoms with E-state index >= 15 is 0 Å². The molecule has 1 atom stereocenters. The van der Waals surface area contributed by atoms with Crippen LogP contribution in [0.5, 0.6) is 5.75 Å². The minimum atomic E-state index is -1.41. The molecule has 1 aromatic carbocycles. The Bertz CT molecular complexity index is 519. The molecule has 0 aliphatic carbocycles. The van der Waals surface area contributed by atoms with Gasteiger partial charge in [0, 0.05) is 5.56 Å². The van der Waals surface area contributed by atoms with Crippen molar-refractivity contribution >= 4 is 11.8 Å². The van der Waals surface area contributed by atoms with E-state index in [1.54, 1.807) is 13.0 Å². The van der Waals surface area contributed by atoms with Gasteiger partial charge in [0.25, 0.3) is 5.78 Å².